The van der Waals surface area contributed by atoms with Crippen molar-refractivity contribution in [3.8, 4) is 6.07 Å². The molecule has 2 fully saturated rings. The number of pyridine rings is 1. The van der Waals surface area contributed by atoms with Crippen LogP contribution in [0.5, 0.6) is 0 Å². The Morgan fingerprint density at radius 1 is 1.18 bits per heavy atom. The highest BCUT2D eigenvalue weighted by Gasteiger charge is 2.33. The number of anilines is 1. The van der Waals surface area contributed by atoms with Crippen LogP contribution in [0.3, 0.4) is 0 Å². The highest BCUT2D eigenvalue weighted by atomic mass is 32.2. The number of thiocarbonyl (C=S) groups is 1. The largest absolute Gasteiger partial charge is 0.357 e. The minimum absolute atomic E-state index is 0.136. The Morgan fingerprint density at radius 3 is 2.52 bits per heavy atom. The van der Waals surface area contributed by atoms with Gasteiger partial charge in [0.25, 0.3) is 11.5 Å². The lowest BCUT2D eigenvalue weighted by atomic mass is 10.0. The van der Waals surface area contributed by atoms with Crippen LogP contribution in [0.15, 0.2) is 40.0 Å². The first-order valence-electron chi connectivity index (χ1n) is 11.2. The fourth-order valence-corrected chi connectivity index (χ4v) is 5.62. The summed E-state index contributed by atoms with van der Waals surface area (Å²) in [5.41, 5.74) is 2.27. The van der Waals surface area contributed by atoms with Gasteiger partial charge in [-0.25, -0.2) is 0 Å². The van der Waals surface area contributed by atoms with E-state index in [0.29, 0.717) is 27.9 Å². The van der Waals surface area contributed by atoms with Gasteiger partial charge in [0.1, 0.15) is 21.8 Å². The zero-order valence-corrected chi connectivity index (χ0v) is 20.5. The maximum atomic E-state index is 13.3. The van der Waals surface area contributed by atoms with Gasteiger partial charge in [-0.05, 0) is 43.4 Å². The lowest BCUT2D eigenvalue weighted by Crippen LogP contribution is -2.33. The summed E-state index contributed by atoms with van der Waals surface area (Å²) in [5, 5.41) is 9.73. The van der Waals surface area contributed by atoms with E-state index in [2.05, 4.69) is 11.0 Å². The first kappa shape index (κ1) is 23.3. The fraction of sp³-hybridized carbons (Fsp3) is 0.360. The van der Waals surface area contributed by atoms with Gasteiger partial charge in [-0.1, -0.05) is 61.2 Å². The number of hydrogen-bond donors (Lipinski definition) is 0. The van der Waals surface area contributed by atoms with Gasteiger partial charge in [-0.2, -0.15) is 5.26 Å². The molecular weight excluding hydrogens is 452 g/mol. The average molecular weight is 479 g/mol. The number of carbonyl (C=O) groups excluding carboxylic acids is 1. The molecule has 0 N–H and O–H groups in total. The lowest BCUT2D eigenvalue weighted by molar-refractivity contribution is -0.122. The molecule has 3 heterocycles. The van der Waals surface area contributed by atoms with E-state index >= 15 is 0 Å². The second-order valence-electron chi connectivity index (χ2n) is 8.25. The highest BCUT2D eigenvalue weighted by Crippen LogP contribution is 2.37. The number of carbonyl (C=O) groups is 1. The summed E-state index contributed by atoms with van der Waals surface area (Å²) in [6.07, 6.45) is 4.71. The molecule has 8 heteroatoms. The molecule has 6 nitrogen and oxygen atoms in total. The van der Waals surface area contributed by atoms with Gasteiger partial charge in [-0.3, -0.25) is 19.1 Å². The van der Waals surface area contributed by atoms with E-state index in [9.17, 15) is 14.9 Å². The quantitative estimate of drug-likeness (QED) is 0.452. The third kappa shape index (κ3) is 4.48. The molecule has 170 valence electrons. The monoisotopic (exact) mass is 478 g/mol. The minimum Gasteiger partial charge on any atom is -0.357 e. The zero-order chi connectivity index (χ0) is 23.5. The normalized spacial score (nSPS) is 17.3. The Kier molecular flexibility index (Phi) is 7.01. The first-order chi connectivity index (χ1) is 16.0. The van der Waals surface area contributed by atoms with E-state index < -0.39 is 0 Å². The van der Waals surface area contributed by atoms with Gasteiger partial charge in [0.05, 0.1) is 11.4 Å². The molecular formula is C25H26N4O2S2. The Labute approximate surface area is 203 Å². The molecule has 2 saturated heterocycles. The Hall–Kier alpha value is -2.89. The number of nitriles is 1. The topological polar surface area (TPSA) is 69.3 Å². The van der Waals surface area contributed by atoms with Gasteiger partial charge >= 0.3 is 0 Å². The van der Waals surface area contributed by atoms with Crippen LogP contribution in [0.1, 0.15) is 48.4 Å². The van der Waals surface area contributed by atoms with Crippen molar-refractivity contribution in [3.05, 3.63) is 67.8 Å². The molecule has 4 rings (SSSR count). The molecule has 0 radical (unpaired) electrons. The van der Waals surface area contributed by atoms with Gasteiger partial charge in [0.15, 0.2) is 0 Å². The van der Waals surface area contributed by atoms with Crippen molar-refractivity contribution in [1.29, 1.82) is 5.26 Å². The predicted octanol–water partition coefficient (Wildman–Crippen LogP) is 4.44. The molecule has 0 atom stereocenters. The van der Waals surface area contributed by atoms with Crippen LogP contribution in [-0.2, 0) is 17.9 Å². The molecule has 0 saturated carbocycles. The number of nitrogens with zero attached hydrogens (tertiary/aromatic N) is 4. The van der Waals surface area contributed by atoms with E-state index in [4.69, 9.17) is 12.2 Å². The summed E-state index contributed by atoms with van der Waals surface area (Å²) in [7, 11) is 0. The summed E-state index contributed by atoms with van der Waals surface area (Å²) in [4.78, 5) is 30.8. The summed E-state index contributed by atoms with van der Waals surface area (Å²) < 4.78 is 2.23. The molecule has 2 aliphatic heterocycles. The average Bonchev–Trinajstić information content (AvgIpc) is 3.43. The zero-order valence-electron chi connectivity index (χ0n) is 18.8. The third-order valence-corrected chi connectivity index (χ3v) is 7.41. The molecule has 0 unspecified atom stereocenters. The van der Waals surface area contributed by atoms with Gasteiger partial charge < -0.3 is 4.90 Å². The Bertz CT molecular complexity index is 1220. The van der Waals surface area contributed by atoms with Crippen molar-refractivity contribution in [2.75, 3.05) is 18.0 Å². The second-order valence-corrected chi connectivity index (χ2v) is 9.93. The van der Waals surface area contributed by atoms with Crippen molar-refractivity contribution in [2.45, 2.75) is 46.2 Å². The minimum atomic E-state index is -0.257. The van der Waals surface area contributed by atoms with Gasteiger partial charge in [0, 0.05) is 25.2 Å². The number of hydrogen-bond acceptors (Lipinski definition) is 6. The summed E-state index contributed by atoms with van der Waals surface area (Å²) in [5.74, 6) is 0.663. The Balaban J connectivity index is 1.82. The molecule has 1 amide bonds. The van der Waals surface area contributed by atoms with E-state index in [1.807, 2.05) is 43.3 Å². The van der Waals surface area contributed by atoms with Crippen LogP contribution in [0, 0.1) is 18.3 Å². The van der Waals surface area contributed by atoms with Crippen LogP contribution in [-0.4, -0.2) is 32.8 Å². The summed E-state index contributed by atoms with van der Waals surface area (Å²) >= 11 is 6.80. The highest BCUT2D eigenvalue weighted by molar-refractivity contribution is 8.26. The van der Waals surface area contributed by atoms with Crippen molar-refractivity contribution in [1.82, 2.24) is 9.47 Å². The third-order valence-electron chi connectivity index (χ3n) is 6.03. The van der Waals surface area contributed by atoms with Crippen LogP contribution < -0.4 is 10.5 Å². The number of rotatable bonds is 6. The van der Waals surface area contributed by atoms with E-state index in [1.54, 1.807) is 16.4 Å². The van der Waals surface area contributed by atoms with Crippen molar-refractivity contribution < 1.29 is 4.79 Å². The maximum absolute atomic E-state index is 13.3. The summed E-state index contributed by atoms with van der Waals surface area (Å²) in [6.45, 7) is 6.45. The Morgan fingerprint density at radius 2 is 1.88 bits per heavy atom. The summed E-state index contributed by atoms with van der Waals surface area (Å²) in [6, 6.07) is 11.9. The van der Waals surface area contributed by atoms with Crippen LogP contribution in [0.2, 0.25) is 0 Å². The first-order valence-corrected chi connectivity index (χ1v) is 12.4. The molecule has 33 heavy (non-hydrogen) atoms. The number of amides is 1. The van der Waals surface area contributed by atoms with E-state index in [1.165, 1.54) is 11.8 Å². The molecule has 1 aromatic carbocycles. The van der Waals surface area contributed by atoms with Crippen molar-refractivity contribution in [3.63, 3.8) is 0 Å². The van der Waals surface area contributed by atoms with Crippen LogP contribution >= 0.6 is 24.0 Å². The fourth-order valence-electron chi connectivity index (χ4n) is 4.38. The van der Waals surface area contributed by atoms with E-state index in [-0.39, 0.29) is 17.0 Å². The second kappa shape index (κ2) is 9.94. The van der Waals surface area contributed by atoms with Crippen LogP contribution in [0.25, 0.3) is 6.08 Å². The van der Waals surface area contributed by atoms with Gasteiger partial charge in [-0.15, -0.1) is 0 Å². The molecule has 0 aliphatic carbocycles. The smallest absolute Gasteiger partial charge is 0.270 e. The number of thioether (sulfide) groups is 1. The molecule has 0 spiro atoms. The van der Waals surface area contributed by atoms with E-state index in [0.717, 1.165) is 49.3 Å². The molecule has 2 aliphatic rings. The number of benzene rings is 1. The maximum Gasteiger partial charge on any atom is 0.270 e. The SMILES string of the molecule is CCCn1c(N2CCCC2)c(/C=C2\SC(=S)N(Cc3ccccc3)C2=O)c(C)c(C#N)c1=O. The molecule has 0 bridgehead atoms. The standard InChI is InChI=1S/C25H26N4O2S2/c1-3-11-28-22(27-12-7-8-13-27)19(17(2)20(15-26)23(28)30)14-21-24(31)29(25(32)33-21)16-18-9-5-4-6-10-18/h4-6,9-10,14H,3,7-8,11-13,16H2,1-2H3/b21-14-. The van der Waals surface area contributed by atoms with Crippen molar-refractivity contribution in [2.24, 2.45) is 0 Å². The van der Waals surface area contributed by atoms with Crippen molar-refractivity contribution >= 4 is 46.1 Å². The molecule has 2 aromatic rings. The van der Waals surface area contributed by atoms with Gasteiger partial charge in [0.2, 0.25) is 0 Å². The predicted molar refractivity (Wildman–Crippen MR) is 137 cm³/mol. The van der Waals surface area contributed by atoms with Crippen LogP contribution in [0.4, 0.5) is 5.82 Å². The number of aromatic nitrogens is 1. The lowest BCUT2D eigenvalue weighted by Gasteiger charge is -2.26. The molecule has 1 aromatic heterocycles.